The van der Waals surface area contributed by atoms with Crippen LogP contribution in [0.15, 0.2) is 42.6 Å². The van der Waals surface area contributed by atoms with E-state index in [1.54, 1.807) is 24.0 Å². The molecule has 2 aromatic rings. The van der Waals surface area contributed by atoms with E-state index in [2.05, 4.69) is 10.4 Å². The first-order chi connectivity index (χ1) is 9.19. The average molecular weight is 278 g/mol. The molecular formula is C14H16ClN3O. The van der Waals surface area contributed by atoms with Crippen molar-refractivity contribution in [2.24, 2.45) is 7.05 Å². The fourth-order valence-corrected chi connectivity index (χ4v) is 2.02. The van der Waals surface area contributed by atoms with Gasteiger partial charge in [-0.3, -0.25) is 9.48 Å². The number of nitrogens with one attached hydrogen (secondary N) is 1. The minimum Gasteiger partial charge on any atom is -0.346 e. The summed E-state index contributed by atoms with van der Waals surface area (Å²) in [5.74, 6) is 0.176. The Morgan fingerprint density at radius 1 is 1.37 bits per heavy atom. The van der Waals surface area contributed by atoms with Gasteiger partial charge in [-0.15, -0.1) is 11.6 Å². The second kappa shape index (κ2) is 6.38. The lowest BCUT2D eigenvalue weighted by Gasteiger charge is -2.15. The van der Waals surface area contributed by atoms with Gasteiger partial charge in [-0.1, -0.05) is 30.3 Å². The molecule has 0 bridgehead atoms. The van der Waals surface area contributed by atoms with E-state index >= 15 is 0 Å². The molecule has 1 N–H and O–H groups in total. The number of alkyl halides is 1. The standard InChI is InChI=1S/C14H16ClN3O/c1-18-8-7-13(17-18)14(19)16-12(10-15)9-11-5-3-2-4-6-11/h2-8,12H,9-10H2,1H3,(H,16,19). The maximum absolute atomic E-state index is 12.0. The minimum atomic E-state index is -0.192. The van der Waals surface area contributed by atoms with Gasteiger partial charge in [0.1, 0.15) is 5.69 Å². The van der Waals surface area contributed by atoms with E-state index in [1.165, 1.54) is 0 Å². The minimum absolute atomic E-state index is 0.0985. The number of benzene rings is 1. The van der Waals surface area contributed by atoms with Crippen molar-refractivity contribution in [2.45, 2.75) is 12.5 Å². The Bertz CT molecular complexity index is 539. The molecule has 0 aliphatic heterocycles. The largest absolute Gasteiger partial charge is 0.346 e. The summed E-state index contributed by atoms with van der Waals surface area (Å²) in [5.41, 5.74) is 1.56. The highest BCUT2D eigenvalue weighted by Crippen LogP contribution is 2.05. The van der Waals surface area contributed by atoms with Crippen LogP contribution >= 0.6 is 11.6 Å². The molecule has 0 saturated heterocycles. The molecular weight excluding hydrogens is 262 g/mol. The third-order valence-corrected chi connectivity index (χ3v) is 3.17. The van der Waals surface area contributed by atoms with E-state index in [0.717, 1.165) is 5.56 Å². The Hall–Kier alpha value is -1.81. The number of hydrogen-bond donors (Lipinski definition) is 1. The molecule has 1 aromatic carbocycles. The van der Waals surface area contributed by atoms with Crippen molar-refractivity contribution in [3.05, 3.63) is 53.9 Å². The van der Waals surface area contributed by atoms with Crippen molar-refractivity contribution in [3.63, 3.8) is 0 Å². The summed E-state index contributed by atoms with van der Waals surface area (Å²) in [6.07, 6.45) is 2.45. The molecule has 1 unspecified atom stereocenters. The second-order valence-electron chi connectivity index (χ2n) is 4.39. The Labute approximate surface area is 117 Å². The summed E-state index contributed by atoms with van der Waals surface area (Å²) in [6.45, 7) is 0. The molecule has 0 aliphatic carbocycles. The zero-order valence-corrected chi connectivity index (χ0v) is 11.5. The summed E-state index contributed by atoms with van der Waals surface area (Å²) in [6, 6.07) is 11.5. The number of carbonyl (C=O) groups excluding carboxylic acids is 1. The van der Waals surface area contributed by atoms with Gasteiger partial charge in [-0.05, 0) is 18.1 Å². The number of nitrogens with zero attached hydrogens (tertiary/aromatic N) is 2. The Kier molecular flexibility index (Phi) is 4.58. The zero-order valence-electron chi connectivity index (χ0n) is 10.7. The molecule has 0 spiro atoms. The fraction of sp³-hybridized carbons (Fsp3) is 0.286. The maximum Gasteiger partial charge on any atom is 0.272 e. The lowest BCUT2D eigenvalue weighted by atomic mass is 10.1. The van der Waals surface area contributed by atoms with Gasteiger partial charge in [0, 0.05) is 25.2 Å². The Morgan fingerprint density at radius 2 is 2.11 bits per heavy atom. The summed E-state index contributed by atoms with van der Waals surface area (Å²) in [7, 11) is 1.78. The normalized spacial score (nSPS) is 12.1. The highest BCUT2D eigenvalue weighted by molar-refractivity contribution is 6.18. The highest BCUT2D eigenvalue weighted by atomic mass is 35.5. The van der Waals surface area contributed by atoms with Gasteiger partial charge in [0.2, 0.25) is 0 Å². The molecule has 0 radical (unpaired) electrons. The quantitative estimate of drug-likeness (QED) is 0.850. The lowest BCUT2D eigenvalue weighted by molar-refractivity contribution is 0.0935. The summed E-state index contributed by atoms with van der Waals surface area (Å²) in [5, 5.41) is 6.96. The van der Waals surface area contributed by atoms with E-state index in [-0.39, 0.29) is 11.9 Å². The van der Waals surface area contributed by atoms with E-state index < -0.39 is 0 Å². The molecule has 0 aliphatic rings. The molecule has 1 heterocycles. The molecule has 2 rings (SSSR count). The smallest absolute Gasteiger partial charge is 0.272 e. The van der Waals surface area contributed by atoms with Gasteiger partial charge in [0.15, 0.2) is 0 Å². The van der Waals surface area contributed by atoms with Crippen molar-refractivity contribution >= 4 is 17.5 Å². The van der Waals surface area contributed by atoms with Crippen LogP contribution in [-0.2, 0) is 13.5 Å². The summed E-state index contributed by atoms with van der Waals surface area (Å²) < 4.78 is 1.60. The second-order valence-corrected chi connectivity index (χ2v) is 4.70. The van der Waals surface area contributed by atoms with E-state index in [0.29, 0.717) is 18.0 Å². The van der Waals surface area contributed by atoms with Gasteiger partial charge in [-0.25, -0.2) is 0 Å². The summed E-state index contributed by atoms with van der Waals surface area (Å²) in [4.78, 5) is 12.0. The average Bonchev–Trinajstić information content (AvgIpc) is 2.86. The number of rotatable bonds is 5. The molecule has 19 heavy (non-hydrogen) atoms. The molecule has 4 nitrogen and oxygen atoms in total. The van der Waals surface area contributed by atoms with Gasteiger partial charge in [-0.2, -0.15) is 5.10 Å². The number of aromatic nitrogens is 2. The van der Waals surface area contributed by atoms with Crippen molar-refractivity contribution in [2.75, 3.05) is 5.88 Å². The zero-order chi connectivity index (χ0) is 13.7. The van der Waals surface area contributed by atoms with E-state index in [9.17, 15) is 4.79 Å². The van der Waals surface area contributed by atoms with Crippen LogP contribution in [0.1, 0.15) is 16.1 Å². The van der Waals surface area contributed by atoms with E-state index in [1.807, 2.05) is 30.3 Å². The van der Waals surface area contributed by atoms with Gasteiger partial charge < -0.3 is 5.32 Å². The van der Waals surface area contributed by atoms with Crippen LogP contribution < -0.4 is 5.32 Å². The summed E-state index contributed by atoms with van der Waals surface area (Å²) >= 11 is 5.91. The fourth-order valence-electron chi connectivity index (χ4n) is 1.84. The molecule has 1 aromatic heterocycles. The number of amides is 1. The van der Waals surface area contributed by atoms with Gasteiger partial charge >= 0.3 is 0 Å². The van der Waals surface area contributed by atoms with E-state index in [4.69, 9.17) is 11.6 Å². The SMILES string of the molecule is Cn1ccc(C(=O)NC(CCl)Cc2ccccc2)n1. The lowest BCUT2D eigenvalue weighted by Crippen LogP contribution is -2.38. The molecule has 100 valence electrons. The predicted molar refractivity (Wildman–Crippen MR) is 75.3 cm³/mol. The number of carbonyl (C=O) groups is 1. The van der Waals surface area contributed by atoms with Crippen LogP contribution in [0.3, 0.4) is 0 Å². The number of hydrogen-bond acceptors (Lipinski definition) is 2. The van der Waals surface area contributed by atoms with Gasteiger partial charge in [0.25, 0.3) is 5.91 Å². The first-order valence-corrected chi connectivity index (χ1v) is 6.63. The van der Waals surface area contributed by atoms with Crippen LogP contribution in [0.25, 0.3) is 0 Å². The third-order valence-electron chi connectivity index (χ3n) is 2.79. The van der Waals surface area contributed by atoms with Crippen LogP contribution in [-0.4, -0.2) is 27.6 Å². The van der Waals surface area contributed by atoms with Crippen molar-refractivity contribution in [3.8, 4) is 0 Å². The van der Waals surface area contributed by atoms with Crippen LogP contribution in [0.4, 0.5) is 0 Å². The highest BCUT2D eigenvalue weighted by Gasteiger charge is 2.15. The van der Waals surface area contributed by atoms with Gasteiger partial charge in [0.05, 0.1) is 0 Å². The number of halogens is 1. The predicted octanol–water partition coefficient (Wildman–Crippen LogP) is 2.00. The van der Waals surface area contributed by atoms with Crippen LogP contribution in [0.2, 0.25) is 0 Å². The van der Waals surface area contributed by atoms with Crippen LogP contribution in [0.5, 0.6) is 0 Å². The van der Waals surface area contributed by atoms with Crippen molar-refractivity contribution in [1.29, 1.82) is 0 Å². The Balaban J connectivity index is 1.97. The number of aryl methyl sites for hydroxylation is 1. The molecule has 5 heteroatoms. The topological polar surface area (TPSA) is 46.9 Å². The first kappa shape index (κ1) is 13.6. The Morgan fingerprint density at radius 3 is 2.68 bits per heavy atom. The van der Waals surface area contributed by atoms with Crippen LogP contribution in [0, 0.1) is 0 Å². The maximum atomic E-state index is 12.0. The monoisotopic (exact) mass is 277 g/mol. The first-order valence-electron chi connectivity index (χ1n) is 6.09. The molecule has 0 fully saturated rings. The molecule has 0 saturated carbocycles. The molecule has 1 atom stereocenters. The third kappa shape index (κ3) is 3.83. The molecule has 1 amide bonds. The van der Waals surface area contributed by atoms with Crippen molar-refractivity contribution in [1.82, 2.24) is 15.1 Å². The van der Waals surface area contributed by atoms with Crippen molar-refractivity contribution < 1.29 is 4.79 Å².